The van der Waals surface area contributed by atoms with Gasteiger partial charge in [0, 0.05) is 28.0 Å². The highest BCUT2D eigenvalue weighted by atomic mass is 35.5. The molecule has 3 aromatic rings. The second kappa shape index (κ2) is 11.1. The number of rotatable bonds is 8. The maximum atomic E-state index is 6.48. The fourth-order valence-corrected chi connectivity index (χ4v) is 4.67. The van der Waals surface area contributed by atoms with Gasteiger partial charge in [0.15, 0.2) is 12.0 Å². The third kappa shape index (κ3) is 6.10. The summed E-state index contributed by atoms with van der Waals surface area (Å²) in [6.07, 6.45) is 7.04. The van der Waals surface area contributed by atoms with Crippen LogP contribution in [0.3, 0.4) is 0 Å². The lowest BCUT2D eigenvalue weighted by Crippen LogP contribution is -2.35. The first-order valence-electron chi connectivity index (χ1n) is 10.3. The average molecular weight is 516 g/mol. The Balaban J connectivity index is 1.43. The largest absolute Gasteiger partial charge is 0.488 e. The monoisotopic (exact) mass is 514 g/mol. The molecule has 0 bridgehead atoms. The minimum absolute atomic E-state index is 0.143. The molecule has 1 aromatic heterocycles. The number of hydrogen-bond donors (Lipinski definition) is 0. The molecule has 32 heavy (non-hydrogen) atoms. The molecule has 1 aliphatic rings. The highest BCUT2D eigenvalue weighted by Gasteiger charge is 2.28. The van der Waals surface area contributed by atoms with Crippen molar-refractivity contribution in [2.45, 2.75) is 44.3 Å². The van der Waals surface area contributed by atoms with Gasteiger partial charge in [0.25, 0.3) is 0 Å². The molecule has 3 unspecified atom stereocenters. The van der Waals surface area contributed by atoms with Gasteiger partial charge in [-0.1, -0.05) is 58.5 Å². The summed E-state index contributed by atoms with van der Waals surface area (Å²) in [6, 6.07) is 10.7. The molecule has 0 saturated carbocycles. The van der Waals surface area contributed by atoms with E-state index in [0.717, 1.165) is 24.8 Å². The number of ether oxygens (including phenoxy) is 3. The van der Waals surface area contributed by atoms with Gasteiger partial charge in [-0.2, -0.15) is 0 Å². The van der Waals surface area contributed by atoms with Crippen LogP contribution in [0.25, 0.3) is 0 Å². The number of imidazole rings is 1. The Bertz CT molecular complexity index is 1010. The lowest BCUT2D eigenvalue weighted by atomic mass is 10.1. The van der Waals surface area contributed by atoms with Gasteiger partial charge in [0.1, 0.15) is 12.7 Å². The minimum Gasteiger partial charge on any atom is -0.488 e. The van der Waals surface area contributed by atoms with Crippen LogP contribution in [0.4, 0.5) is 0 Å². The smallest absolute Gasteiger partial charge is 0.159 e. The molecule has 4 rings (SSSR count). The van der Waals surface area contributed by atoms with Gasteiger partial charge in [-0.3, -0.25) is 0 Å². The zero-order valence-corrected chi connectivity index (χ0v) is 20.1. The van der Waals surface area contributed by atoms with Gasteiger partial charge >= 0.3 is 0 Å². The second-order valence-electron chi connectivity index (χ2n) is 7.53. The van der Waals surface area contributed by atoms with Gasteiger partial charge in [-0.25, -0.2) is 4.98 Å². The molecule has 170 valence electrons. The molecule has 2 aromatic carbocycles. The molecule has 0 radical (unpaired) electrons. The highest BCUT2D eigenvalue weighted by Crippen LogP contribution is 2.35. The summed E-state index contributed by atoms with van der Waals surface area (Å²) in [4.78, 5) is 4.12. The summed E-state index contributed by atoms with van der Waals surface area (Å²) in [6.45, 7) is 0.870. The number of hydrogen-bond acceptors (Lipinski definition) is 4. The fourth-order valence-electron chi connectivity index (χ4n) is 3.63. The van der Waals surface area contributed by atoms with Crippen LogP contribution in [-0.2, 0) is 16.0 Å². The van der Waals surface area contributed by atoms with E-state index in [9.17, 15) is 0 Å². The van der Waals surface area contributed by atoms with Crippen molar-refractivity contribution in [3.63, 3.8) is 0 Å². The van der Waals surface area contributed by atoms with Gasteiger partial charge in [-0.05, 0) is 43.5 Å². The van der Waals surface area contributed by atoms with Gasteiger partial charge in [0.2, 0.25) is 0 Å². The first-order chi connectivity index (χ1) is 15.5. The number of halogens is 4. The van der Waals surface area contributed by atoms with Crippen LogP contribution in [0.2, 0.25) is 20.1 Å². The van der Waals surface area contributed by atoms with Crippen LogP contribution in [0.1, 0.15) is 30.9 Å². The van der Waals surface area contributed by atoms with Crippen molar-refractivity contribution in [2.75, 3.05) is 6.61 Å². The number of nitrogens with zero attached hydrogens (tertiary/aromatic N) is 2. The number of benzene rings is 2. The predicted molar refractivity (Wildman–Crippen MR) is 127 cm³/mol. The van der Waals surface area contributed by atoms with Crippen molar-refractivity contribution in [1.29, 1.82) is 0 Å². The first kappa shape index (κ1) is 23.7. The van der Waals surface area contributed by atoms with E-state index in [1.165, 1.54) is 0 Å². The average Bonchev–Trinajstić information content (AvgIpc) is 3.26. The Morgan fingerprint density at radius 1 is 1.06 bits per heavy atom. The summed E-state index contributed by atoms with van der Waals surface area (Å²) in [5.41, 5.74) is 0.842. The molecular formula is C23H22Cl4N2O3. The zero-order valence-electron chi connectivity index (χ0n) is 17.1. The summed E-state index contributed by atoms with van der Waals surface area (Å²) >= 11 is 25.0. The molecule has 1 saturated heterocycles. The molecule has 9 heteroatoms. The lowest BCUT2D eigenvalue weighted by Gasteiger charge is -2.33. The molecule has 1 fully saturated rings. The van der Waals surface area contributed by atoms with Gasteiger partial charge in [-0.15, -0.1) is 0 Å². The minimum atomic E-state index is -0.403. The summed E-state index contributed by atoms with van der Waals surface area (Å²) in [5, 5.41) is 2.06. The Hall–Kier alpha value is -1.47. The third-order valence-corrected chi connectivity index (χ3v) is 6.36. The second-order valence-corrected chi connectivity index (χ2v) is 9.19. The van der Waals surface area contributed by atoms with E-state index >= 15 is 0 Å². The van der Waals surface area contributed by atoms with Crippen molar-refractivity contribution >= 4 is 46.4 Å². The van der Waals surface area contributed by atoms with E-state index in [1.54, 1.807) is 42.9 Å². The Morgan fingerprint density at radius 2 is 1.88 bits per heavy atom. The van der Waals surface area contributed by atoms with Crippen molar-refractivity contribution in [3.8, 4) is 5.75 Å². The van der Waals surface area contributed by atoms with E-state index in [0.29, 0.717) is 39.0 Å². The van der Waals surface area contributed by atoms with E-state index in [4.69, 9.17) is 60.6 Å². The van der Waals surface area contributed by atoms with Gasteiger partial charge < -0.3 is 18.8 Å². The third-order valence-electron chi connectivity index (χ3n) is 5.20. The Kier molecular flexibility index (Phi) is 8.22. The maximum Gasteiger partial charge on any atom is 0.159 e. The molecule has 0 N–H and O–H groups in total. The zero-order chi connectivity index (χ0) is 22.5. The maximum absolute atomic E-state index is 6.48. The van der Waals surface area contributed by atoms with Crippen LogP contribution >= 0.6 is 46.4 Å². The van der Waals surface area contributed by atoms with Crippen molar-refractivity contribution in [2.24, 2.45) is 0 Å². The molecule has 0 spiro atoms. The molecular weight excluding hydrogens is 494 g/mol. The molecule has 2 heterocycles. The topological polar surface area (TPSA) is 45.5 Å². The first-order valence-corrected chi connectivity index (χ1v) is 11.8. The fraction of sp³-hybridized carbons (Fsp3) is 0.348. The van der Waals surface area contributed by atoms with Crippen molar-refractivity contribution in [3.05, 3.63) is 80.8 Å². The standard InChI is InChI=1S/C23H22Cl4N2O3/c24-15-7-8-17(20(27)11-15)21(12-29-10-9-28-14-29)32-22-6-1-3-16(31-22)13-30-23-18(25)4-2-5-19(23)26/h2,4-5,7-11,14,16,21-22H,1,3,6,12-13H2. The Labute approximate surface area is 207 Å². The lowest BCUT2D eigenvalue weighted by molar-refractivity contribution is -0.223. The van der Waals surface area contributed by atoms with E-state index in [-0.39, 0.29) is 12.2 Å². The SMILES string of the molecule is Clc1ccc(C(Cn2ccnc2)OC2CCCC(COc3c(Cl)cccc3Cl)O2)c(Cl)c1. The molecule has 0 amide bonds. The highest BCUT2D eigenvalue weighted by molar-refractivity contribution is 6.37. The molecule has 1 aliphatic heterocycles. The van der Waals surface area contributed by atoms with Crippen LogP contribution in [0, 0.1) is 0 Å². The summed E-state index contributed by atoms with van der Waals surface area (Å²) in [5.74, 6) is 0.466. The van der Waals surface area contributed by atoms with E-state index in [2.05, 4.69) is 4.98 Å². The van der Waals surface area contributed by atoms with E-state index < -0.39 is 6.29 Å². The number of aromatic nitrogens is 2. The van der Waals surface area contributed by atoms with Crippen LogP contribution in [0.15, 0.2) is 55.1 Å². The number of para-hydroxylation sites is 1. The predicted octanol–water partition coefficient (Wildman–Crippen LogP) is 7.23. The normalized spacial score (nSPS) is 19.6. The summed E-state index contributed by atoms with van der Waals surface area (Å²) < 4.78 is 20.4. The van der Waals surface area contributed by atoms with Crippen LogP contribution in [0.5, 0.6) is 5.75 Å². The summed E-state index contributed by atoms with van der Waals surface area (Å²) in [7, 11) is 0. The quantitative estimate of drug-likeness (QED) is 0.317. The van der Waals surface area contributed by atoms with Crippen molar-refractivity contribution < 1.29 is 14.2 Å². The van der Waals surface area contributed by atoms with E-state index in [1.807, 2.05) is 16.8 Å². The molecule has 0 aliphatic carbocycles. The Morgan fingerprint density at radius 3 is 2.59 bits per heavy atom. The molecule has 5 nitrogen and oxygen atoms in total. The van der Waals surface area contributed by atoms with Crippen molar-refractivity contribution in [1.82, 2.24) is 9.55 Å². The molecule has 3 atom stereocenters. The van der Waals surface area contributed by atoms with Crippen LogP contribution in [-0.4, -0.2) is 28.6 Å². The van der Waals surface area contributed by atoms with Crippen LogP contribution < -0.4 is 4.74 Å². The van der Waals surface area contributed by atoms with Gasteiger partial charge in [0.05, 0.1) is 29.0 Å².